The van der Waals surface area contributed by atoms with Crippen molar-refractivity contribution in [3.8, 4) is 0 Å². The highest BCUT2D eigenvalue weighted by Crippen LogP contribution is 2.23. The quantitative estimate of drug-likeness (QED) is 0.782. The molecule has 7 heteroatoms. The molecule has 0 saturated carbocycles. The molecule has 120 valence electrons. The summed E-state index contributed by atoms with van der Waals surface area (Å²) in [5.41, 5.74) is -1.24. The maximum absolute atomic E-state index is 13.4. The second-order valence-electron chi connectivity index (χ2n) is 5.08. The van der Waals surface area contributed by atoms with Crippen LogP contribution in [-0.4, -0.2) is 41.5 Å². The fraction of sp³-hybridized carbons (Fsp3) is 0.467. The molecular weight excluding hydrogens is 309 g/mol. The van der Waals surface area contributed by atoms with Gasteiger partial charge in [0.2, 0.25) is 5.91 Å². The first-order valence-corrected chi connectivity index (χ1v) is 8.01. The van der Waals surface area contributed by atoms with Crippen LogP contribution in [0, 0.1) is 5.82 Å². The molecule has 0 atom stereocenters. The van der Waals surface area contributed by atoms with E-state index in [0.717, 1.165) is 0 Å². The molecule has 5 nitrogen and oxygen atoms in total. The highest BCUT2D eigenvalue weighted by atomic mass is 32.2. The molecule has 1 aliphatic rings. The summed E-state index contributed by atoms with van der Waals surface area (Å²) < 4.78 is 18.6. The molecular formula is C15H18FNO4S. The van der Waals surface area contributed by atoms with Crippen LogP contribution in [0.4, 0.5) is 4.39 Å². The zero-order chi connectivity index (χ0) is 16.0. The van der Waals surface area contributed by atoms with E-state index in [1.54, 1.807) is 18.2 Å². The molecule has 0 bridgehead atoms. The van der Waals surface area contributed by atoms with Gasteiger partial charge in [-0.15, -0.1) is 11.8 Å². The summed E-state index contributed by atoms with van der Waals surface area (Å²) in [6, 6.07) is 6.35. The van der Waals surface area contributed by atoms with E-state index in [0.29, 0.717) is 23.9 Å². The third-order valence-electron chi connectivity index (χ3n) is 3.56. The Bertz CT molecular complexity index is 546. The van der Waals surface area contributed by atoms with Crippen molar-refractivity contribution in [3.05, 3.63) is 30.1 Å². The van der Waals surface area contributed by atoms with Crippen molar-refractivity contribution in [3.63, 3.8) is 0 Å². The molecule has 1 saturated heterocycles. The van der Waals surface area contributed by atoms with Gasteiger partial charge in [0.05, 0.1) is 0 Å². The predicted molar refractivity (Wildman–Crippen MR) is 80.3 cm³/mol. The maximum Gasteiger partial charge on any atom is 0.329 e. The molecule has 2 N–H and O–H groups in total. The molecule has 1 amide bonds. The zero-order valence-corrected chi connectivity index (χ0v) is 12.8. The van der Waals surface area contributed by atoms with E-state index in [2.05, 4.69) is 5.32 Å². The Kier molecular flexibility index (Phi) is 5.79. The van der Waals surface area contributed by atoms with Crippen molar-refractivity contribution in [2.45, 2.75) is 29.7 Å². The molecule has 1 fully saturated rings. The van der Waals surface area contributed by atoms with Crippen molar-refractivity contribution in [2.75, 3.05) is 19.0 Å². The van der Waals surface area contributed by atoms with E-state index < -0.39 is 11.5 Å². The molecule has 1 heterocycles. The van der Waals surface area contributed by atoms with E-state index in [1.807, 2.05) is 0 Å². The smallest absolute Gasteiger partial charge is 0.329 e. The van der Waals surface area contributed by atoms with Crippen LogP contribution in [0.3, 0.4) is 0 Å². The van der Waals surface area contributed by atoms with Gasteiger partial charge < -0.3 is 15.2 Å². The van der Waals surface area contributed by atoms with Crippen molar-refractivity contribution in [1.29, 1.82) is 0 Å². The summed E-state index contributed by atoms with van der Waals surface area (Å²) in [5.74, 6) is -1.31. The summed E-state index contributed by atoms with van der Waals surface area (Å²) in [4.78, 5) is 23.9. The topological polar surface area (TPSA) is 75.6 Å². The summed E-state index contributed by atoms with van der Waals surface area (Å²) in [7, 11) is 0. The summed E-state index contributed by atoms with van der Waals surface area (Å²) >= 11 is 1.24. The Hall–Kier alpha value is -1.60. The molecule has 0 aliphatic carbocycles. The number of thioether (sulfide) groups is 1. The number of carboxylic acid groups (broad SMARTS) is 1. The van der Waals surface area contributed by atoms with Gasteiger partial charge in [-0.1, -0.05) is 12.1 Å². The first kappa shape index (κ1) is 16.8. The third-order valence-corrected chi connectivity index (χ3v) is 4.61. The first-order valence-electron chi connectivity index (χ1n) is 7.03. The zero-order valence-electron chi connectivity index (χ0n) is 12.0. The highest BCUT2D eigenvalue weighted by molar-refractivity contribution is 7.99. The Morgan fingerprint density at radius 1 is 1.32 bits per heavy atom. The van der Waals surface area contributed by atoms with Crippen LogP contribution in [0.5, 0.6) is 0 Å². The minimum absolute atomic E-state index is 0.134. The van der Waals surface area contributed by atoms with Crippen LogP contribution in [0.15, 0.2) is 29.2 Å². The van der Waals surface area contributed by atoms with Gasteiger partial charge in [0.1, 0.15) is 11.4 Å². The van der Waals surface area contributed by atoms with E-state index >= 15 is 0 Å². The van der Waals surface area contributed by atoms with Gasteiger partial charge in [-0.05, 0) is 12.1 Å². The SMILES string of the molecule is O=C(CCSc1ccccc1F)NC1(C(=O)O)CCOCC1. The van der Waals surface area contributed by atoms with Gasteiger partial charge in [-0.25, -0.2) is 9.18 Å². The van der Waals surface area contributed by atoms with Crippen LogP contribution in [0.2, 0.25) is 0 Å². The van der Waals surface area contributed by atoms with E-state index in [4.69, 9.17) is 4.74 Å². The second kappa shape index (κ2) is 7.60. The fourth-order valence-corrected chi connectivity index (χ4v) is 3.15. The van der Waals surface area contributed by atoms with Crippen molar-refractivity contribution < 1.29 is 23.8 Å². The molecule has 1 aliphatic heterocycles. The standard InChI is InChI=1S/C15H18FNO4S/c16-11-3-1-2-4-12(11)22-10-5-13(18)17-15(14(19)20)6-8-21-9-7-15/h1-4H,5-10H2,(H,17,18)(H,19,20). The molecule has 0 unspecified atom stereocenters. The number of nitrogens with one attached hydrogen (secondary N) is 1. The summed E-state index contributed by atoms with van der Waals surface area (Å²) in [5, 5.41) is 12.0. The van der Waals surface area contributed by atoms with Gasteiger partial charge in [0.25, 0.3) is 0 Å². The van der Waals surface area contributed by atoms with Gasteiger partial charge >= 0.3 is 5.97 Å². The van der Waals surface area contributed by atoms with Crippen LogP contribution in [-0.2, 0) is 14.3 Å². The minimum Gasteiger partial charge on any atom is -0.480 e. The Balaban J connectivity index is 1.84. The number of ether oxygens (including phenoxy) is 1. The van der Waals surface area contributed by atoms with E-state index in [1.165, 1.54) is 17.8 Å². The highest BCUT2D eigenvalue weighted by Gasteiger charge is 2.41. The summed E-state index contributed by atoms with van der Waals surface area (Å²) in [6.45, 7) is 0.632. The first-order chi connectivity index (χ1) is 10.5. The number of rotatable bonds is 6. The molecule has 1 aromatic rings. The third kappa shape index (κ3) is 4.20. The lowest BCUT2D eigenvalue weighted by atomic mass is 9.90. The maximum atomic E-state index is 13.4. The van der Waals surface area contributed by atoms with Gasteiger partial charge in [-0.3, -0.25) is 4.79 Å². The average molecular weight is 327 g/mol. The van der Waals surface area contributed by atoms with E-state index in [9.17, 15) is 19.1 Å². The number of carbonyl (C=O) groups is 2. The Morgan fingerprint density at radius 2 is 2.00 bits per heavy atom. The molecule has 1 aromatic carbocycles. The lowest BCUT2D eigenvalue weighted by molar-refractivity contribution is -0.152. The molecule has 0 spiro atoms. The minimum atomic E-state index is -1.24. The molecule has 0 radical (unpaired) electrons. The van der Waals surface area contributed by atoms with Gasteiger partial charge in [0.15, 0.2) is 0 Å². The van der Waals surface area contributed by atoms with Crippen molar-refractivity contribution >= 4 is 23.6 Å². The molecule has 22 heavy (non-hydrogen) atoms. The van der Waals surface area contributed by atoms with Gasteiger partial charge in [0, 0.05) is 43.1 Å². The number of benzene rings is 1. The monoisotopic (exact) mass is 327 g/mol. The number of halogens is 1. The number of amides is 1. The Labute approximate surface area is 132 Å². The number of carboxylic acids is 1. The van der Waals surface area contributed by atoms with Crippen molar-refractivity contribution in [2.24, 2.45) is 0 Å². The molecule has 0 aromatic heterocycles. The fourth-order valence-electron chi connectivity index (χ4n) is 2.26. The number of hydrogen-bond donors (Lipinski definition) is 2. The van der Waals surface area contributed by atoms with Crippen LogP contribution in [0.1, 0.15) is 19.3 Å². The van der Waals surface area contributed by atoms with Crippen molar-refractivity contribution in [1.82, 2.24) is 5.32 Å². The largest absolute Gasteiger partial charge is 0.480 e. The number of aliphatic carboxylic acids is 1. The number of hydrogen-bond acceptors (Lipinski definition) is 4. The van der Waals surface area contributed by atoms with Crippen LogP contribution in [0.25, 0.3) is 0 Å². The predicted octanol–water partition coefficient (Wildman–Crippen LogP) is 2.06. The van der Waals surface area contributed by atoms with Gasteiger partial charge in [-0.2, -0.15) is 0 Å². The summed E-state index contributed by atoms with van der Waals surface area (Å²) in [6.07, 6.45) is 0.651. The van der Waals surface area contributed by atoms with E-state index in [-0.39, 0.29) is 31.0 Å². The normalized spacial score (nSPS) is 17.0. The number of carbonyl (C=O) groups excluding carboxylic acids is 1. The second-order valence-corrected chi connectivity index (χ2v) is 6.21. The van der Waals surface area contributed by atoms with Crippen LogP contribution < -0.4 is 5.32 Å². The lowest BCUT2D eigenvalue weighted by Crippen LogP contribution is -2.57. The molecule has 2 rings (SSSR count). The Morgan fingerprint density at radius 3 is 2.64 bits per heavy atom. The lowest BCUT2D eigenvalue weighted by Gasteiger charge is -2.33. The average Bonchev–Trinajstić information content (AvgIpc) is 2.50. The van der Waals surface area contributed by atoms with Crippen LogP contribution >= 0.6 is 11.8 Å².